The fourth-order valence-corrected chi connectivity index (χ4v) is 1.85. The molecule has 0 bridgehead atoms. The molecule has 102 valence electrons. The molecule has 2 aromatic rings. The number of halogens is 4. The number of fused-ring (bicyclic) bond motifs is 1. The first-order valence-electron chi connectivity index (χ1n) is 5.11. The van der Waals surface area contributed by atoms with Crippen LogP contribution in [0.15, 0.2) is 6.07 Å². The number of hydrogen-bond acceptors (Lipinski definition) is 3. The van der Waals surface area contributed by atoms with Gasteiger partial charge in [0.2, 0.25) is 0 Å². The van der Waals surface area contributed by atoms with E-state index in [-0.39, 0.29) is 22.1 Å². The maximum Gasteiger partial charge on any atom is 0.435 e. The summed E-state index contributed by atoms with van der Waals surface area (Å²) in [5, 5.41) is 5.94. The summed E-state index contributed by atoms with van der Waals surface area (Å²) >= 11 is 5.70. The highest BCUT2D eigenvalue weighted by Gasteiger charge is 2.37. The molecule has 2 heterocycles. The number of hydrogen-bond donors (Lipinski definition) is 1. The Morgan fingerprint density at radius 2 is 2.11 bits per heavy atom. The quantitative estimate of drug-likeness (QED) is 0.875. The molecule has 0 saturated heterocycles. The summed E-state index contributed by atoms with van der Waals surface area (Å²) in [5.41, 5.74) is -1.57. The summed E-state index contributed by atoms with van der Waals surface area (Å²) in [4.78, 5) is 15.1. The SMILES string of the molecule is CNC(=O)c1cc(Cl)nn2c(C)c(C(F)(F)F)nc12. The zero-order chi connectivity index (χ0) is 14.4. The molecule has 0 spiro atoms. The molecular formula is C10H8ClF3N4O. The lowest BCUT2D eigenvalue weighted by molar-refractivity contribution is -0.141. The van der Waals surface area contributed by atoms with Crippen molar-refractivity contribution in [2.24, 2.45) is 0 Å². The van der Waals surface area contributed by atoms with Gasteiger partial charge in [0.15, 0.2) is 16.5 Å². The van der Waals surface area contributed by atoms with E-state index >= 15 is 0 Å². The Morgan fingerprint density at radius 3 is 2.63 bits per heavy atom. The van der Waals surface area contributed by atoms with Crippen molar-refractivity contribution in [2.45, 2.75) is 13.1 Å². The lowest BCUT2D eigenvalue weighted by Gasteiger charge is -2.03. The van der Waals surface area contributed by atoms with Crippen molar-refractivity contribution in [3.05, 3.63) is 28.2 Å². The molecule has 0 aliphatic carbocycles. The monoisotopic (exact) mass is 292 g/mol. The first kappa shape index (κ1) is 13.6. The van der Waals surface area contributed by atoms with Crippen molar-refractivity contribution in [2.75, 3.05) is 7.05 Å². The summed E-state index contributed by atoms with van der Waals surface area (Å²) in [6.45, 7) is 1.21. The Bertz CT molecular complexity index is 665. The fourth-order valence-electron chi connectivity index (χ4n) is 1.67. The fraction of sp³-hybridized carbons (Fsp3) is 0.300. The van der Waals surface area contributed by atoms with Crippen LogP contribution in [0.3, 0.4) is 0 Å². The first-order chi connectivity index (χ1) is 8.75. The third-order valence-electron chi connectivity index (χ3n) is 2.52. The topological polar surface area (TPSA) is 59.3 Å². The van der Waals surface area contributed by atoms with E-state index in [1.165, 1.54) is 20.0 Å². The predicted octanol–water partition coefficient (Wildman–Crippen LogP) is 2.07. The molecule has 19 heavy (non-hydrogen) atoms. The predicted molar refractivity (Wildman–Crippen MR) is 61.1 cm³/mol. The molecule has 2 rings (SSSR count). The molecular weight excluding hydrogens is 285 g/mol. The van der Waals surface area contributed by atoms with Gasteiger partial charge in [-0.2, -0.15) is 18.3 Å². The van der Waals surface area contributed by atoms with Crippen LogP contribution < -0.4 is 5.32 Å². The van der Waals surface area contributed by atoms with Crippen molar-refractivity contribution < 1.29 is 18.0 Å². The Morgan fingerprint density at radius 1 is 1.47 bits per heavy atom. The summed E-state index contributed by atoms with van der Waals surface area (Å²) < 4.78 is 39.2. The number of nitrogens with one attached hydrogen (secondary N) is 1. The molecule has 0 fully saturated rings. The maximum atomic E-state index is 12.8. The second-order valence-electron chi connectivity index (χ2n) is 3.74. The summed E-state index contributed by atoms with van der Waals surface area (Å²) in [7, 11) is 1.35. The van der Waals surface area contributed by atoms with Gasteiger partial charge in [-0.05, 0) is 13.0 Å². The largest absolute Gasteiger partial charge is 0.435 e. The Labute approximate surface area is 110 Å². The number of nitrogens with zero attached hydrogens (tertiary/aromatic N) is 3. The standard InChI is InChI=1S/C10H8ClF3N4O/c1-4-7(10(12,13)14)16-8-5(9(19)15-2)3-6(11)17-18(4)8/h3H,1-2H3,(H,15,19). The van der Waals surface area contributed by atoms with Crippen molar-refractivity contribution >= 4 is 23.2 Å². The van der Waals surface area contributed by atoms with Gasteiger partial charge in [-0.15, -0.1) is 0 Å². The van der Waals surface area contributed by atoms with Gasteiger partial charge >= 0.3 is 6.18 Å². The zero-order valence-corrected chi connectivity index (χ0v) is 10.6. The lowest BCUT2D eigenvalue weighted by atomic mass is 10.3. The van der Waals surface area contributed by atoms with Crippen LogP contribution in [-0.2, 0) is 6.18 Å². The maximum absolute atomic E-state index is 12.8. The van der Waals surface area contributed by atoms with Gasteiger partial charge in [0.1, 0.15) is 0 Å². The van der Waals surface area contributed by atoms with Crippen LogP contribution in [0.1, 0.15) is 21.7 Å². The van der Waals surface area contributed by atoms with Crippen LogP contribution in [0, 0.1) is 6.92 Å². The molecule has 1 amide bonds. The van der Waals surface area contributed by atoms with Crippen LogP contribution in [0.2, 0.25) is 5.15 Å². The number of carbonyl (C=O) groups excluding carboxylic acids is 1. The zero-order valence-electron chi connectivity index (χ0n) is 9.84. The highest BCUT2D eigenvalue weighted by atomic mass is 35.5. The van der Waals surface area contributed by atoms with Crippen molar-refractivity contribution in [1.29, 1.82) is 0 Å². The second kappa shape index (κ2) is 4.37. The van der Waals surface area contributed by atoms with Gasteiger partial charge in [-0.1, -0.05) is 11.6 Å². The smallest absolute Gasteiger partial charge is 0.355 e. The van der Waals surface area contributed by atoms with Gasteiger partial charge in [0.25, 0.3) is 5.91 Å². The van der Waals surface area contributed by atoms with E-state index in [0.29, 0.717) is 0 Å². The molecule has 5 nitrogen and oxygen atoms in total. The summed E-state index contributed by atoms with van der Waals surface area (Å²) in [6, 6.07) is 1.17. The lowest BCUT2D eigenvalue weighted by Crippen LogP contribution is -2.19. The average Bonchev–Trinajstić information content (AvgIpc) is 2.65. The Hall–Kier alpha value is -1.83. The van der Waals surface area contributed by atoms with E-state index in [0.717, 1.165) is 4.52 Å². The second-order valence-corrected chi connectivity index (χ2v) is 4.13. The molecule has 1 N–H and O–H groups in total. The number of aromatic nitrogens is 3. The van der Waals surface area contributed by atoms with E-state index in [2.05, 4.69) is 15.4 Å². The number of aryl methyl sites for hydroxylation is 1. The Kier molecular flexibility index (Phi) is 3.13. The third kappa shape index (κ3) is 2.23. The molecule has 0 aliphatic heterocycles. The Balaban J connectivity index is 2.83. The summed E-state index contributed by atoms with van der Waals surface area (Å²) in [6.07, 6.45) is -4.62. The number of carbonyl (C=O) groups is 1. The van der Waals surface area contributed by atoms with Crippen LogP contribution in [-0.4, -0.2) is 27.6 Å². The molecule has 0 aromatic carbocycles. The summed E-state index contributed by atoms with van der Waals surface area (Å²) in [5.74, 6) is -0.590. The van der Waals surface area contributed by atoms with Gasteiger partial charge in [-0.3, -0.25) is 4.79 Å². The van der Waals surface area contributed by atoms with Crippen molar-refractivity contribution in [3.8, 4) is 0 Å². The molecule has 0 aliphatic rings. The van der Waals surface area contributed by atoms with Gasteiger partial charge < -0.3 is 5.32 Å². The highest BCUT2D eigenvalue weighted by molar-refractivity contribution is 6.29. The van der Waals surface area contributed by atoms with E-state index in [4.69, 9.17) is 11.6 Å². The van der Waals surface area contributed by atoms with Crippen molar-refractivity contribution in [1.82, 2.24) is 19.9 Å². The third-order valence-corrected chi connectivity index (χ3v) is 2.70. The number of rotatable bonds is 1. The van der Waals surface area contributed by atoms with Gasteiger partial charge in [0, 0.05) is 7.05 Å². The molecule has 0 radical (unpaired) electrons. The molecule has 0 atom stereocenters. The molecule has 0 unspecified atom stereocenters. The van der Waals surface area contributed by atoms with Gasteiger partial charge in [-0.25, -0.2) is 9.50 Å². The molecule has 9 heteroatoms. The molecule has 0 saturated carbocycles. The van der Waals surface area contributed by atoms with E-state index < -0.39 is 17.8 Å². The normalized spacial score (nSPS) is 11.9. The molecule has 2 aromatic heterocycles. The highest BCUT2D eigenvalue weighted by Crippen LogP contribution is 2.32. The van der Waals surface area contributed by atoms with E-state index in [1.54, 1.807) is 0 Å². The van der Waals surface area contributed by atoms with Crippen molar-refractivity contribution in [3.63, 3.8) is 0 Å². The minimum absolute atomic E-state index is 0.0684. The number of imidazole rings is 1. The van der Waals surface area contributed by atoms with Crippen LogP contribution >= 0.6 is 11.6 Å². The minimum atomic E-state index is -4.62. The van der Waals surface area contributed by atoms with Crippen LogP contribution in [0.4, 0.5) is 13.2 Å². The number of amides is 1. The van der Waals surface area contributed by atoms with Gasteiger partial charge in [0.05, 0.1) is 11.3 Å². The number of alkyl halides is 3. The van der Waals surface area contributed by atoms with E-state index in [9.17, 15) is 18.0 Å². The first-order valence-corrected chi connectivity index (χ1v) is 5.48. The van der Waals surface area contributed by atoms with Crippen LogP contribution in [0.25, 0.3) is 5.65 Å². The van der Waals surface area contributed by atoms with E-state index in [1.807, 2.05) is 0 Å². The average molecular weight is 293 g/mol. The van der Waals surface area contributed by atoms with Crippen LogP contribution in [0.5, 0.6) is 0 Å². The minimum Gasteiger partial charge on any atom is -0.355 e.